The van der Waals surface area contributed by atoms with Crippen LogP contribution in [0, 0.1) is 5.92 Å². The molecular weight excluding hydrogens is 296 g/mol. The molecular formula is C12H19BrN4O. The number of rotatable bonds is 8. The molecule has 1 fully saturated rings. The lowest BCUT2D eigenvalue weighted by Crippen LogP contribution is -2.09. The van der Waals surface area contributed by atoms with E-state index in [9.17, 15) is 0 Å². The Morgan fingerprint density at radius 2 is 2.17 bits per heavy atom. The van der Waals surface area contributed by atoms with Crippen molar-refractivity contribution in [2.75, 3.05) is 37.4 Å². The lowest BCUT2D eigenvalue weighted by molar-refractivity contribution is 0.124. The molecule has 1 aromatic heterocycles. The highest BCUT2D eigenvalue weighted by atomic mass is 79.9. The third kappa shape index (κ3) is 4.10. The van der Waals surface area contributed by atoms with Gasteiger partial charge in [-0.15, -0.1) is 0 Å². The van der Waals surface area contributed by atoms with Gasteiger partial charge in [-0.3, -0.25) is 0 Å². The molecule has 0 saturated heterocycles. The Labute approximate surface area is 116 Å². The quantitative estimate of drug-likeness (QED) is 0.722. The second kappa shape index (κ2) is 6.89. The third-order valence-electron chi connectivity index (χ3n) is 2.83. The average molecular weight is 315 g/mol. The summed E-state index contributed by atoms with van der Waals surface area (Å²) in [6, 6.07) is 0. The van der Waals surface area contributed by atoms with Crippen molar-refractivity contribution in [1.82, 2.24) is 9.97 Å². The maximum absolute atomic E-state index is 5.57. The molecule has 0 bridgehead atoms. The number of nitrogens with zero attached hydrogens (tertiary/aromatic N) is 2. The van der Waals surface area contributed by atoms with Crippen molar-refractivity contribution < 1.29 is 4.74 Å². The molecule has 0 atom stereocenters. The van der Waals surface area contributed by atoms with Crippen molar-refractivity contribution in [2.24, 2.45) is 5.92 Å². The van der Waals surface area contributed by atoms with E-state index >= 15 is 0 Å². The van der Waals surface area contributed by atoms with Gasteiger partial charge in [-0.25, -0.2) is 9.97 Å². The van der Waals surface area contributed by atoms with E-state index in [4.69, 9.17) is 4.74 Å². The largest absolute Gasteiger partial charge is 0.381 e. The van der Waals surface area contributed by atoms with Crippen LogP contribution in [-0.2, 0) is 4.74 Å². The Kier molecular flexibility index (Phi) is 5.19. The van der Waals surface area contributed by atoms with E-state index in [-0.39, 0.29) is 0 Å². The summed E-state index contributed by atoms with van der Waals surface area (Å²) in [7, 11) is 1.84. The van der Waals surface area contributed by atoms with Gasteiger partial charge in [0.25, 0.3) is 0 Å². The van der Waals surface area contributed by atoms with E-state index in [1.54, 1.807) is 6.33 Å². The van der Waals surface area contributed by atoms with Crippen LogP contribution >= 0.6 is 15.9 Å². The minimum Gasteiger partial charge on any atom is -0.381 e. The number of hydrogen-bond donors (Lipinski definition) is 2. The van der Waals surface area contributed by atoms with Crippen LogP contribution in [0.5, 0.6) is 0 Å². The summed E-state index contributed by atoms with van der Waals surface area (Å²) in [4.78, 5) is 8.30. The first-order valence-corrected chi connectivity index (χ1v) is 7.10. The van der Waals surface area contributed by atoms with E-state index in [0.717, 1.165) is 48.2 Å². The molecule has 0 spiro atoms. The molecule has 0 aromatic carbocycles. The zero-order valence-electron chi connectivity index (χ0n) is 10.6. The highest BCUT2D eigenvalue weighted by Crippen LogP contribution is 2.28. The molecule has 1 aromatic rings. The molecule has 0 radical (unpaired) electrons. The molecule has 1 aliphatic rings. The Bertz CT molecular complexity index is 384. The number of halogens is 1. The average Bonchev–Trinajstić information content (AvgIpc) is 3.19. The fourth-order valence-corrected chi connectivity index (χ4v) is 2.13. The summed E-state index contributed by atoms with van der Waals surface area (Å²) in [6.45, 7) is 2.59. The van der Waals surface area contributed by atoms with E-state index in [2.05, 4.69) is 36.5 Å². The summed E-state index contributed by atoms with van der Waals surface area (Å²) in [5, 5.41) is 6.28. The Morgan fingerprint density at radius 3 is 2.89 bits per heavy atom. The molecule has 0 unspecified atom stereocenters. The third-order valence-corrected chi connectivity index (χ3v) is 3.59. The molecule has 2 rings (SSSR count). The van der Waals surface area contributed by atoms with Gasteiger partial charge in [0.2, 0.25) is 0 Å². The SMILES string of the molecule is CNc1ncnc(NCCCOCC2CC2)c1Br. The van der Waals surface area contributed by atoms with Crippen LogP contribution in [-0.4, -0.2) is 36.8 Å². The number of aromatic nitrogens is 2. The van der Waals surface area contributed by atoms with Crippen LogP contribution in [0.4, 0.5) is 11.6 Å². The van der Waals surface area contributed by atoms with Gasteiger partial charge in [-0.05, 0) is 41.1 Å². The zero-order valence-corrected chi connectivity index (χ0v) is 12.2. The molecule has 6 heteroatoms. The van der Waals surface area contributed by atoms with Crippen LogP contribution < -0.4 is 10.6 Å². The van der Waals surface area contributed by atoms with E-state index in [1.165, 1.54) is 12.8 Å². The number of ether oxygens (including phenoxy) is 1. The number of nitrogens with one attached hydrogen (secondary N) is 2. The lowest BCUT2D eigenvalue weighted by Gasteiger charge is -2.09. The van der Waals surface area contributed by atoms with Gasteiger partial charge in [0.15, 0.2) is 0 Å². The van der Waals surface area contributed by atoms with Gasteiger partial charge in [-0.1, -0.05) is 0 Å². The maximum atomic E-state index is 5.57. The molecule has 18 heavy (non-hydrogen) atoms. The predicted octanol–water partition coefficient (Wildman–Crippen LogP) is 2.51. The fourth-order valence-electron chi connectivity index (χ4n) is 1.58. The smallest absolute Gasteiger partial charge is 0.145 e. The Hall–Kier alpha value is -0.880. The van der Waals surface area contributed by atoms with Crippen molar-refractivity contribution in [3.8, 4) is 0 Å². The van der Waals surface area contributed by atoms with Crippen LogP contribution in [0.1, 0.15) is 19.3 Å². The van der Waals surface area contributed by atoms with E-state index < -0.39 is 0 Å². The summed E-state index contributed by atoms with van der Waals surface area (Å²) >= 11 is 3.47. The Morgan fingerprint density at radius 1 is 1.39 bits per heavy atom. The van der Waals surface area contributed by atoms with Gasteiger partial charge in [0.1, 0.15) is 22.4 Å². The lowest BCUT2D eigenvalue weighted by atomic mass is 10.4. The summed E-state index contributed by atoms with van der Waals surface area (Å²) < 4.78 is 6.44. The van der Waals surface area contributed by atoms with Crippen molar-refractivity contribution >= 4 is 27.6 Å². The fraction of sp³-hybridized carbons (Fsp3) is 0.667. The molecule has 2 N–H and O–H groups in total. The minimum atomic E-state index is 0.789. The topological polar surface area (TPSA) is 59.1 Å². The first-order valence-electron chi connectivity index (χ1n) is 6.31. The van der Waals surface area contributed by atoms with E-state index in [1.807, 2.05) is 7.05 Å². The van der Waals surface area contributed by atoms with Gasteiger partial charge < -0.3 is 15.4 Å². The first kappa shape index (κ1) is 13.5. The molecule has 1 aliphatic carbocycles. The van der Waals surface area contributed by atoms with Crippen molar-refractivity contribution in [3.05, 3.63) is 10.8 Å². The van der Waals surface area contributed by atoms with Gasteiger partial charge >= 0.3 is 0 Å². The van der Waals surface area contributed by atoms with Gasteiger partial charge in [0, 0.05) is 26.8 Å². The number of hydrogen-bond acceptors (Lipinski definition) is 5. The normalized spacial score (nSPS) is 14.6. The van der Waals surface area contributed by atoms with E-state index in [0.29, 0.717) is 0 Å². The zero-order chi connectivity index (χ0) is 12.8. The van der Waals surface area contributed by atoms with Crippen LogP contribution in [0.3, 0.4) is 0 Å². The molecule has 1 heterocycles. The molecule has 5 nitrogen and oxygen atoms in total. The molecule has 1 saturated carbocycles. The van der Waals surface area contributed by atoms with Crippen molar-refractivity contribution in [2.45, 2.75) is 19.3 Å². The predicted molar refractivity (Wildman–Crippen MR) is 75.9 cm³/mol. The minimum absolute atomic E-state index is 0.789. The standard InChI is InChI=1S/C12H19BrN4O/c1-14-11-10(13)12(17-8-16-11)15-5-2-6-18-7-9-3-4-9/h8-9H,2-7H2,1H3,(H2,14,15,16,17). The summed E-state index contributed by atoms with van der Waals surface area (Å²) in [6.07, 6.45) is 5.22. The Balaban J connectivity index is 1.65. The maximum Gasteiger partial charge on any atom is 0.145 e. The summed E-state index contributed by atoms with van der Waals surface area (Å²) in [5.74, 6) is 2.45. The molecule has 0 aliphatic heterocycles. The van der Waals surface area contributed by atoms with Gasteiger partial charge in [-0.2, -0.15) is 0 Å². The van der Waals surface area contributed by atoms with Crippen molar-refractivity contribution in [1.29, 1.82) is 0 Å². The van der Waals surface area contributed by atoms with Crippen LogP contribution in [0.2, 0.25) is 0 Å². The second-order valence-corrected chi connectivity index (χ2v) is 5.23. The van der Waals surface area contributed by atoms with Crippen molar-refractivity contribution in [3.63, 3.8) is 0 Å². The monoisotopic (exact) mass is 314 g/mol. The van der Waals surface area contributed by atoms with Crippen LogP contribution in [0.15, 0.2) is 10.8 Å². The molecule has 100 valence electrons. The first-order chi connectivity index (χ1) is 8.81. The molecule has 0 amide bonds. The van der Waals surface area contributed by atoms with Crippen LogP contribution in [0.25, 0.3) is 0 Å². The highest BCUT2D eigenvalue weighted by molar-refractivity contribution is 9.10. The number of anilines is 2. The highest BCUT2D eigenvalue weighted by Gasteiger charge is 2.20. The van der Waals surface area contributed by atoms with Gasteiger partial charge in [0.05, 0.1) is 0 Å². The second-order valence-electron chi connectivity index (χ2n) is 4.43. The summed E-state index contributed by atoms with van der Waals surface area (Å²) in [5.41, 5.74) is 0.